The second kappa shape index (κ2) is 7.20. The van der Waals surface area contributed by atoms with Gasteiger partial charge in [0.1, 0.15) is 10.7 Å². The molecule has 0 aliphatic carbocycles. The van der Waals surface area contributed by atoms with E-state index < -0.39 is 0 Å². The molecule has 1 rings (SSSR count). The fourth-order valence-corrected chi connectivity index (χ4v) is 2.36. The minimum absolute atomic E-state index is 0.122. The summed E-state index contributed by atoms with van der Waals surface area (Å²) in [5, 5.41) is 6.82. The van der Waals surface area contributed by atoms with Crippen LogP contribution in [0.1, 0.15) is 49.7 Å². The third kappa shape index (κ3) is 3.87. The Bertz CT molecular complexity index is 387. The number of amides is 1. The molecule has 0 saturated carbocycles. The van der Waals surface area contributed by atoms with Crippen LogP contribution in [0.15, 0.2) is 0 Å². The van der Waals surface area contributed by atoms with Gasteiger partial charge in [-0.1, -0.05) is 32.1 Å². The third-order valence-corrected chi connectivity index (χ3v) is 3.73. The molecule has 0 unspecified atom stereocenters. The van der Waals surface area contributed by atoms with Crippen molar-refractivity contribution in [2.75, 3.05) is 17.6 Å². The van der Waals surface area contributed by atoms with Crippen molar-refractivity contribution in [2.45, 2.75) is 46.1 Å². The number of rotatable bonds is 7. The number of nitrogens with one attached hydrogen (secondary N) is 2. The molecule has 4 N–H and O–H groups in total. The van der Waals surface area contributed by atoms with Gasteiger partial charge >= 0.3 is 0 Å². The topological polar surface area (TPSA) is 80.0 Å². The van der Waals surface area contributed by atoms with E-state index in [1.165, 1.54) is 11.3 Å². The van der Waals surface area contributed by atoms with Crippen molar-refractivity contribution in [1.82, 2.24) is 10.3 Å². The van der Waals surface area contributed by atoms with E-state index in [9.17, 15) is 4.79 Å². The molecular formula is C12H22N4OS. The summed E-state index contributed by atoms with van der Waals surface area (Å²) in [4.78, 5) is 16.7. The van der Waals surface area contributed by atoms with Gasteiger partial charge in [0.2, 0.25) is 0 Å². The summed E-state index contributed by atoms with van der Waals surface area (Å²) >= 11 is 1.31. The van der Waals surface area contributed by atoms with E-state index in [4.69, 9.17) is 5.73 Å². The average molecular weight is 270 g/mol. The zero-order valence-electron chi connectivity index (χ0n) is 11.2. The Balaban J connectivity index is 2.70. The molecule has 1 heterocycles. The molecule has 1 amide bonds. The average Bonchev–Trinajstić information content (AvgIpc) is 2.74. The van der Waals surface area contributed by atoms with E-state index in [1.54, 1.807) is 0 Å². The van der Waals surface area contributed by atoms with E-state index in [0.29, 0.717) is 15.8 Å². The Labute approximate surface area is 112 Å². The van der Waals surface area contributed by atoms with Crippen molar-refractivity contribution in [3.05, 3.63) is 4.88 Å². The molecule has 1 aromatic rings. The lowest BCUT2D eigenvalue weighted by Crippen LogP contribution is -2.33. The number of hydrogen-bond donors (Lipinski definition) is 3. The number of carbonyl (C=O) groups is 1. The molecule has 102 valence electrons. The van der Waals surface area contributed by atoms with Crippen molar-refractivity contribution >= 4 is 28.2 Å². The van der Waals surface area contributed by atoms with Gasteiger partial charge in [-0.2, -0.15) is 0 Å². The zero-order chi connectivity index (χ0) is 13.5. The lowest BCUT2D eigenvalue weighted by molar-refractivity contribution is 0.0939. The Morgan fingerprint density at radius 3 is 2.61 bits per heavy atom. The molecule has 0 aromatic carbocycles. The molecule has 0 fully saturated rings. The van der Waals surface area contributed by atoms with Crippen LogP contribution in [0.25, 0.3) is 0 Å². The molecule has 6 heteroatoms. The first-order valence-electron chi connectivity index (χ1n) is 6.43. The fourth-order valence-electron chi connectivity index (χ4n) is 1.55. The van der Waals surface area contributed by atoms with Crippen molar-refractivity contribution in [1.29, 1.82) is 0 Å². The minimum Gasteiger partial charge on any atom is -0.382 e. The summed E-state index contributed by atoms with van der Waals surface area (Å²) in [6, 6.07) is 0.200. The van der Waals surface area contributed by atoms with E-state index in [0.717, 1.165) is 25.8 Å². The summed E-state index contributed by atoms with van der Waals surface area (Å²) in [5.74, 6) is 0.185. The highest BCUT2D eigenvalue weighted by Crippen LogP contribution is 2.25. The summed E-state index contributed by atoms with van der Waals surface area (Å²) in [6.07, 6.45) is 2.85. The predicted molar refractivity (Wildman–Crippen MR) is 77.1 cm³/mol. The Hall–Kier alpha value is -1.30. The summed E-state index contributed by atoms with van der Waals surface area (Å²) in [6.45, 7) is 7.02. The highest BCUT2D eigenvalue weighted by molar-refractivity contribution is 7.18. The first-order chi connectivity index (χ1) is 8.62. The Morgan fingerprint density at radius 1 is 1.39 bits per heavy atom. The number of nitrogens with two attached hydrogens (primary N) is 1. The van der Waals surface area contributed by atoms with Crippen LogP contribution in [0.3, 0.4) is 0 Å². The monoisotopic (exact) mass is 270 g/mol. The van der Waals surface area contributed by atoms with Crippen LogP contribution in [0, 0.1) is 0 Å². The highest BCUT2D eigenvalue weighted by Gasteiger charge is 2.18. The number of hydrogen-bond acceptors (Lipinski definition) is 5. The molecule has 0 aliphatic heterocycles. The SMILES string of the molecule is CCCNc1nc(N)c(C(=O)NC(CC)CC)s1. The van der Waals surface area contributed by atoms with Crippen molar-refractivity contribution < 1.29 is 4.79 Å². The molecule has 0 bridgehead atoms. The molecule has 0 aliphatic rings. The minimum atomic E-state index is -0.122. The van der Waals surface area contributed by atoms with E-state index in [-0.39, 0.29) is 11.9 Å². The maximum absolute atomic E-state index is 12.0. The van der Waals surface area contributed by atoms with Gasteiger partial charge < -0.3 is 16.4 Å². The van der Waals surface area contributed by atoms with Gasteiger partial charge in [-0.3, -0.25) is 4.79 Å². The van der Waals surface area contributed by atoms with Crippen LogP contribution >= 0.6 is 11.3 Å². The largest absolute Gasteiger partial charge is 0.382 e. The molecular weight excluding hydrogens is 248 g/mol. The molecule has 0 radical (unpaired) electrons. The molecule has 0 atom stereocenters. The lowest BCUT2D eigenvalue weighted by Gasteiger charge is -2.13. The Morgan fingerprint density at radius 2 is 2.06 bits per heavy atom. The standard InChI is InChI=1S/C12H22N4OS/c1-4-7-14-12-16-10(13)9(18-12)11(17)15-8(5-2)6-3/h8H,4-7,13H2,1-3H3,(H,14,16)(H,15,17). The molecule has 0 spiro atoms. The number of carbonyl (C=O) groups excluding carboxylic acids is 1. The van der Waals surface area contributed by atoms with Gasteiger partial charge in [0, 0.05) is 12.6 Å². The van der Waals surface area contributed by atoms with Gasteiger partial charge in [-0.15, -0.1) is 0 Å². The maximum atomic E-state index is 12.0. The molecule has 18 heavy (non-hydrogen) atoms. The van der Waals surface area contributed by atoms with Crippen LogP contribution in [0.2, 0.25) is 0 Å². The Kier molecular flexibility index (Phi) is 5.91. The number of anilines is 2. The smallest absolute Gasteiger partial charge is 0.265 e. The van der Waals surface area contributed by atoms with Crippen LogP contribution in [-0.4, -0.2) is 23.5 Å². The molecule has 0 saturated heterocycles. The molecule has 5 nitrogen and oxygen atoms in total. The first kappa shape index (κ1) is 14.8. The van der Waals surface area contributed by atoms with Crippen molar-refractivity contribution in [3.63, 3.8) is 0 Å². The van der Waals surface area contributed by atoms with Crippen LogP contribution in [-0.2, 0) is 0 Å². The maximum Gasteiger partial charge on any atom is 0.265 e. The van der Waals surface area contributed by atoms with E-state index in [2.05, 4.69) is 36.4 Å². The van der Waals surface area contributed by atoms with Gasteiger partial charge in [-0.25, -0.2) is 4.98 Å². The quantitative estimate of drug-likeness (QED) is 0.711. The summed E-state index contributed by atoms with van der Waals surface area (Å²) < 4.78 is 0. The van der Waals surface area contributed by atoms with Crippen molar-refractivity contribution in [3.8, 4) is 0 Å². The first-order valence-corrected chi connectivity index (χ1v) is 7.24. The number of nitrogen functional groups attached to an aromatic ring is 1. The number of thiazole rings is 1. The van der Waals surface area contributed by atoms with Gasteiger partial charge in [0.05, 0.1) is 0 Å². The summed E-state index contributed by atoms with van der Waals surface area (Å²) in [5.41, 5.74) is 5.77. The summed E-state index contributed by atoms with van der Waals surface area (Å²) in [7, 11) is 0. The van der Waals surface area contributed by atoms with Crippen LogP contribution in [0.4, 0.5) is 10.9 Å². The second-order valence-electron chi connectivity index (χ2n) is 4.15. The van der Waals surface area contributed by atoms with Crippen LogP contribution in [0.5, 0.6) is 0 Å². The zero-order valence-corrected chi connectivity index (χ0v) is 12.1. The lowest BCUT2D eigenvalue weighted by atomic mass is 10.2. The predicted octanol–water partition coefficient (Wildman–Crippen LogP) is 2.47. The third-order valence-electron chi connectivity index (χ3n) is 2.71. The molecule has 1 aromatic heterocycles. The van der Waals surface area contributed by atoms with Crippen molar-refractivity contribution in [2.24, 2.45) is 0 Å². The van der Waals surface area contributed by atoms with E-state index >= 15 is 0 Å². The van der Waals surface area contributed by atoms with Gasteiger partial charge in [0.15, 0.2) is 5.13 Å². The fraction of sp³-hybridized carbons (Fsp3) is 0.667. The normalized spacial score (nSPS) is 10.7. The van der Waals surface area contributed by atoms with E-state index in [1.807, 2.05) is 0 Å². The number of aromatic nitrogens is 1. The van der Waals surface area contributed by atoms with Crippen LogP contribution < -0.4 is 16.4 Å². The van der Waals surface area contributed by atoms with Gasteiger partial charge in [0.25, 0.3) is 5.91 Å². The van der Waals surface area contributed by atoms with Gasteiger partial charge in [-0.05, 0) is 19.3 Å². The highest BCUT2D eigenvalue weighted by atomic mass is 32.1. The number of nitrogens with zero attached hydrogens (tertiary/aromatic N) is 1. The second-order valence-corrected chi connectivity index (χ2v) is 5.15.